The molecular weight excluding hydrogens is 490 g/mol. The summed E-state index contributed by atoms with van der Waals surface area (Å²) in [6.07, 6.45) is 10.3. The standard InChI is InChI=1S/C30H33N7O2/c1-20(38)37(26-12-8-24(9-13-26)35-29-32-16-22-4-2-3-5-28(22)36-29)25-10-6-21(7-11-25)23-17-33-30(34-18-23)39-27-14-15-31-19-27/h2-7,10-11,16-18,24,26-27,31H,8-9,12-15,19H2,1H3,(H,32,35,36)/t24?,26?,27-/m0/s1. The molecule has 3 heterocycles. The van der Waals surface area contributed by atoms with Crippen LogP contribution in [0.15, 0.2) is 67.1 Å². The molecule has 1 amide bonds. The highest BCUT2D eigenvalue weighted by atomic mass is 16.5. The lowest BCUT2D eigenvalue weighted by atomic mass is 9.89. The Morgan fingerprint density at radius 1 is 0.923 bits per heavy atom. The molecule has 0 bridgehead atoms. The number of hydrogen-bond donors (Lipinski definition) is 2. The highest BCUT2D eigenvalue weighted by Gasteiger charge is 2.29. The molecule has 39 heavy (non-hydrogen) atoms. The van der Waals surface area contributed by atoms with Gasteiger partial charge in [-0.1, -0.05) is 30.3 Å². The fourth-order valence-electron chi connectivity index (χ4n) is 5.57. The fraction of sp³-hybridized carbons (Fsp3) is 0.367. The summed E-state index contributed by atoms with van der Waals surface area (Å²) in [5.74, 6) is 0.721. The largest absolute Gasteiger partial charge is 0.459 e. The molecule has 2 fully saturated rings. The third-order valence-corrected chi connectivity index (χ3v) is 7.62. The van der Waals surface area contributed by atoms with Crippen molar-refractivity contribution >= 4 is 28.4 Å². The molecule has 0 radical (unpaired) electrons. The summed E-state index contributed by atoms with van der Waals surface area (Å²) in [4.78, 5) is 32.6. The monoisotopic (exact) mass is 523 g/mol. The van der Waals surface area contributed by atoms with Gasteiger partial charge in [0, 0.05) is 60.8 Å². The van der Waals surface area contributed by atoms with E-state index in [1.165, 1.54) is 0 Å². The summed E-state index contributed by atoms with van der Waals surface area (Å²) < 4.78 is 5.83. The second-order valence-corrected chi connectivity index (χ2v) is 10.3. The molecule has 2 aromatic heterocycles. The first-order valence-corrected chi connectivity index (χ1v) is 13.7. The Labute approximate surface area is 228 Å². The maximum Gasteiger partial charge on any atom is 0.316 e. The van der Waals surface area contributed by atoms with Gasteiger partial charge in [-0.3, -0.25) is 4.79 Å². The second-order valence-electron chi connectivity index (χ2n) is 10.3. The molecule has 6 rings (SSSR count). The summed E-state index contributed by atoms with van der Waals surface area (Å²) in [6.45, 7) is 3.44. The Morgan fingerprint density at radius 3 is 2.41 bits per heavy atom. The van der Waals surface area contributed by atoms with Crippen molar-refractivity contribution < 1.29 is 9.53 Å². The van der Waals surface area contributed by atoms with Gasteiger partial charge in [-0.25, -0.2) is 19.9 Å². The molecule has 2 aliphatic rings. The zero-order valence-electron chi connectivity index (χ0n) is 22.1. The van der Waals surface area contributed by atoms with E-state index in [1.807, 2.05) is 59.6 Å². The van der Waals surface area contributed by atoms with E-state index in [2.05, 4.69) is 30.6 Å². The number of fused-ring (bicyclic) bond motifs is 1. The predicted molar refractivity (Wildman–Crippen MR) is 152 cm³/mol. The first-order valence-electron chi connectivity index (χ1n) is 13.7. The number of hydrogen-bond acceptors (Lipinski definition) is 8. The molecule has 2 N–H and O–H groups in total. The van der Waals surface area contributed by atoms with Crippen molar-refractivity contribution in [1.29, 1.82) is 0 Å². The number of amides is 1. The average Bonchev–Trinajstić information content (AvgIpc) is 3.48. The number of carbonyl (C=O) groups is 1. The minimum absolute atomic E-state index is 0.0586. The van der Waals surface area contributed by atoms with Crippen LogP contribution in [0.1, 0.15) is 39.0 Å². The summed E-state index contributed by atoms with van der Waals surface area (Å²) >= 11 is 0. The topological polar surface area (TPSA) is 105 Å². The van der Waals surface area contributed by atoms with E-state index in [0.29, 0.717) is 12.0 Å². The van der Waals surface area contributed by atoms with Crippen LogP contribution in [0.3, 0.4) is 0 Å². The lowest BCUT2D eigenvalue weighted by molar-refractivity contribution is -0.117. The van der Waals surface area contributed by atoms with Gasteiger partial charge in [0.25, 0.3) is 0 Å². The van der Waals surface area contributed by atoms with E-state index in [1.54, 1.807) is 19.3 Å². The summed E-state index contributed by atoms with van der Waals surface area (Å²) in [6, 6.07) is 16.9. The van der Waals surface area contributed by atoms with Gasteiger partial charge in [0.2, 0.25) is 11.9 Å². The Morgan fingerprint density at radius 2 is 1.69 bits per heavy atom. The Kier molecular flexibility index (Phi) is 7.31. The maximum atomic E-state index is 12.7. The van der Waals surface area contributed by atoms with Gasteiger partial charge < -0.3 is 20.3 Å². The van der Waals surface area contributed by atoms with Crippen LogP contribution < -0.4 is 20.3 Å². The molecule has 1 saturated heterocycles. The van der Waals surface area contributed by atoms with Crippen LogP contribution in [-0.4, -0.2) is 57.1 Å². The Balaban J connectivity index is 1.07. The molecule has 1 atom stereocenters. The molecule has 1 aliphatic heterocycles. The molecule has 1 saturated carbocycles. The van der Waals surface area contributed by atoms with Gasteiger partial charge in [-0.05, 0) is 62.4 Å². The number of anilines is 2. The van der Waals surface area contributed by atoms with E-state index in [-0.39, 0.29) is 24.1 Å². The molecule has 200 valence electrons. The van der Waals surface area contributed by atoms with Crippen LogP contribution >= 0.6 is 0 Å². The molecule has 9 heteroatoms. The predicted octanol–water partition coefficient (Wildman–Crippen LogP) is 4.60. The van der Waals surface area contributed by atoms with Crippen molar-refractivity contribution in [3.05, 3.63) is 67.1 Å². The van der Waals surface area contributed by atoms with Gasteiger partial charge in [-0.15, -0.1) is 0 Å². The van der Waals surface area contributed by atoms with Crippen LogP contribution in [-0.2, 0) is 4.79 Å². The average molecular weight is 524 g/mol. The number of carbonyl (C=O) groups excluding carboxylic acids is 1. The Hall–Kier alpha value is -4.11. The van der Waals surface area contributed by atoms with E-state index in [9.17, 15) is 4.79 Å². The Bertz CT molecular complexity index is 1410. The third-order valence-electron chi connectivity index (χ3n) is 7.62. The van der Waals surface area contributed by atoms with Gasteiger partial charge in [0.05, 0.1) is 5.52 Å². The van der Waals surface area contributed by atoms with Crippen LogP contribution in [0, 0.1) is 0 Å². The second kappa shape index (κ2) is 11.3. The maximum absolute atomic E-state index is 12.7. The van der Waals surface area contributed by atoms with E-state index in [0.717, 1.165) is 72.9 Å². The lowest BCUT2D eigenvalue weighted by Crippen LogP contribution is -2.43. The van der Waals surface area contributed by atoms with Crippen LogP contribution in [0.25, 0.3) is 22.0 Å². The highest BCUT2D eigenvalue weighted by molar-refractivity contribution is 5.92. The molecule has 1 aliphatic carbocycles. The number of nitrogens with one attached hydrogen (secondary N) is 2. The molecule has 2 aromatic carbocycles. The zero-order valence-corrected chi connectivity index (χ0v) is 22.1. The highest BCUT2D eigenvalue weighted by Crippen LogP contribution is 2.31. The third kappa shape index (κ3) is 5.83. The SMILES string of the molecule is CC(=O)N(c1ccc(-c2cnc(O[C@H]3CCNC3)nc2)cc1)C1CCC(Nc2ncc3ccccc3n2)CC1. The summed E-state index contributed by atoms with van der Waals surface area (Å²) in [5, 5.41) is 7.81. The lowest BCUT2D eigenvalue weighted by Gasteiger charge is -2.36. The van der Waals surface area contributed by atoms with Crippen molar-refractivity contribution in [2.24, 2.45) is 0 Å². The number of rotatable bonds is 7. The van der Waals surface area contributed by atoms with Crippen molar-refractivity contribution in [3.8, 4) is 17.1 Å². The number of benzene rings is 2. The zero-order chi connectivity index (χ0) is 26.6. The minimum Gasteiger partial charge on any atom is -0.459 e. The van der Waals surface area contributed by atoms with Crippen molar-refractivity contribution in [2.45, 2.75) is 57.2 Å². The van der Waals surface area contributed by atoms with Gasteiger partial charge in [0.1, 0.15) is 6.10 Å². The first-order chi connectivity index (χ1) is 19.1. The fourth-order valence-corrected chi connectivity index (χ4v) is 5.57. The van der Waals surface area contributed by atoms with Crippen molar-refractivity contribution in [1.82, 2.24) is 25.3 Å². The molecule has 0 spiro atoms. The number of nitrogens with zero attached hydrogens (tertiary/aromatic N) is 5. The van der Waals surface area contributed by atoms with Crippen LogP contribution in [0.5, 0.6) is 6.01 Å². The van der Waals surface area contributed by atoms with Crippen LogP contribution in [0.2, 0.25) is 0 Å². The van der Waals surface area contributed by atoms with E-state index >= 15 is 0 Å². The smallest absolute Gasteiger partial charge is 0.316 e. The van der Waals surface area contributed by atoms with Gasteiger partial charge >= 0.3 is 6.01 Å². The molecule has 4 aromatic rings. The normalized spacial score (nSPS) is 21.0. The van der Waals surface area contributed by atoms with E-state index < -0.39 is 0 Å². The molecule has 9 nitrogen and oxygen atoms in total. The number of ether oxygens (including phenoxy) is 1. The van der Waals surface area contributed by atoms with Crippen molar-refractivity contribution in [2.75, 3.05) is 23.3 Å². The summed E-state index contributed by atoms with van der Waals surface area (Å²) in [5.41, 5.74) is 3.76. The number of aromatic nitrogens is 4. The minimum atomic E-state index is 0.0586. The van der Waals surface area contributed by atoms with Gasteiger partial charge in [0.15, 0.2) is 0 Å². The quantitative estimate of drug-likeness (QED) is 0.362. The number of para-hydroxylation sites is 1. The molecule has 0 unspecified atom stereocenters. The van der Waals surface area contributed by atoms with Gasteiger partial charge in [-0.2, -0.15) is 0 Å². The van der Waals surface area contributed by atoms with E-state index in [4.69, 9.17) is 4.74 Å². The van der Waals surface area contributed by atoms with Crippen LogP contribution in [0.4, 0.5) is 11.6 Å². The first kappa shape index (κ1) is 25.2. The van der Waals surface area contributed by atoms with Crippen molar-refractivity contribution in [3.63, 3.8) is 0 Å². The molecular formula is C30H33N7O2. The summed E-state index contributed by atoms with van der Waals surface area (Å²) in [7, 11) is 0.